The van der Waals surface area contributed by atoms with Crippen LogP contribution in [0.3, 0.4) is 0 Å². The first kappa shape index (κ1) is 18.8. The Morgan fingerprint density at radius 3 is 2.63 bits per heavy atom. The van der Waals surface area contributed by atoms with Gasteiger partial charge in [0.05, 0.1) is 25.9 Å². The first-order chi connectivity index (χ1) is 13.2. The average molecular weight is 373 g/mol. The van der Waals surface area contributed by atoms with E-state index in [1.807, 2.05) is 36.1 Å². The number of carbonyl (C=O) groups is 1. The summed E-state index contributed by atoms with van der Waals surface area (Å²) in [6.45, 7) is 8.39. The zero-order valence-corrected chi connectivity index (χ0v) is 16.4. The van der Waals surface area contributed by atoms with E-state index in [9.17, 15) is 4.79 Å². The van der Waals surface area contributed by atoms with Gasteiger partial charge in [0.2, 0.25) is 0 Å². The minimum atomic E-state index is 0.0805. The quantitative estimate of drug-likeness (QED) is 0.720. The van der Waals surface area contributed by atoms with Gasteiger partial charge in [-0.3, -0.25) is 4.79 Å². The predicted octanol–water partition coefficient (Wildman–Crippen LogP) is 3.05. The normalized spacial score (nSPS) is 28.3. The van der Waals surface area contributed by atoms with Gasteiger partial charge in [0.25, 0.3) is 5.91 Å². The van der Waals surface area contributed by atoms with Crippen molar-refractivity contribution in [3.8, 4) is 5.75 Å². The third-order valence-corrected chi connectivity index (χ3v) is 6.42. The molecule has 5 heteroatoms. The van der Waals surface area contributed by atoms with Gasteiger partial charge in [-0.05, 0) is 62.3 Å². The predicted molar refractivity (Wildman–Crippen MR) is 105 cm³/mol. The average Bonchev–Trinajstić information content (AvgIpc) is 3.27. The van der Waals surface area contributed by atoms with E-state index in [2.05, 4.69) is 4.90 Å². The molecule has 0 bridgehead atoms. The van der Waals surface area contributed by atoms with Crippen LogP contribution in [0.15, 0.2) is 24.3 Å². The number of hydrogen-bond donors (Lipinski definition) is 0. The maximum Gasteiger partial charge on any atom is 0.254 e. The van der Waals surface area contributed by atoms with Gasteiger partial charge < -0.3 is 19.3 Å². The van der Waals surface area contributed by atoms with Crippen LogP contribution in [-0.2, 0) is 4.74 Å². The van der Waals surface area contributed by atoms with Crippen molar-refractivity contribution < 1.29 is 14.3 Å². The van der Waals surface area contributed by atoms with E-state index in [4.69, 9.17) is 9.47 Å². The molecule has 27 heavy (non-hydrogen) atoms. The van der Waals surface area contributed by atoms with E-state index < -0.39 is 0 Å². The number of hydrogen-bond acceptors (Lipinski definition) is 4. The summed E-state index contributed by atoms with van der Waals surface area (Å²) in [6, 6.07) is 7.72. The second kappa shape index (κ2) is 8.61. The molecule has 0 N–H and O–H groups in total. The molecule has 1 saturated carbocycles. The smallest absolute Gasteiger partial charge is 0.254 e. The Labute approximate surface area is 162 Å². The first-order valence-corrected chi connectivity index (χ1v) is 10.5. The highest BCUT2D eigenvalue weighted by atomic mass is 16.5. The lowest BCUT2D eigenvalue weighted by Crippen LogP contribution is -2.47. The Morgan fingerprint density at radius 1 is 1.19 bits per heavy atom. The van der Waals surface area contributed by atoms with Crippen LogP contribution in [0.25, 0.3) is 0 Å². The molecule has 4 rings (SSSR count). The summed E-state index contributed by atoms with van der Waals surface area (Å²) in [6.07, 6.45) is 5.37. The van der Waals surface area contributed by atoms with Gasteiger partial charge in [-0.1, -0.05) is 6.42 Å². The first-order valence-electron chi connectivity index (χ1n) is 10.5. The van der Waals surface area contributed by atoms with Crippen molar-refractivity contribution in [2.75, 3.05) is 46.0 Å². The number of likely N-dealkylation sites (tertiary alicyclic amines) is 1. The Kier molecular flexibility index (Phi) is 5.98. The Bertz CT molecular complexity index is 621. The minimum Gasteiger partial charge on any atom is -0.494 e. The van der Waals surface area contributed by atoms with Crippen molar-refractivity contribution in [2.45, 2.75) is 38.6 Å². The third kappa shape index (κ3) is 4.46. The van der Waals surface area contributed by atoms with E-state index in [-0.39, 0.29) is 11.9 Å². The molecule has 148 valence electrons. The molecule has 3 fully saturated rings. The Hall–Kier alpha value is -1.59. The maximum atomic E-state index is 12.6. The number of fused-ring (bicyclic) bond motifs is 1. The van der Waals surface area contributed by atoms with Crippen LogP contribution in [0.2, 0.25) is 0 Å². The molecule has 3 unspecified atom stereocenters. The summed E-state index contributed by atoms with van der Waals surface area (Å²) in [5, 5.41) is 0. The van der Waals surface area contributed by atoms with Crippen molar-refractivity contribution in [3.63, 3.8) is 0 Å². The molecule has 5 nitrogen and oxygen atoms in total. The molecule has 0 radical (unpaired) electrons. The lowest BCUT2D eigenvalue weighted by molar-refractivity contribution is 0.00359. The fourth-order valence-corrected chi connectivity index (χ4v) is 4.88. The molecule has 1 amide bonds. The molecule has 2 heterocycles. The van der Waals surface area contributed by atoms with Crippen LogP contribution < -0.4 is 4.74 Å². The molecule has 2 saturated heterocycles. The summed E-state index contributed by atoms with van der Waals surface area (Å²) in [5.74, 6) is 2.85. The summed E-state index contributed by atoms with van der Waals surface area (Å²) in [7, 11) is 0. The van der Waals surface area contributed by atoms with Crippen LogP contribution in [0, 0.1) is 11.8 Å². The fourth-order valence-electron chi connectivity index (χ4n) is 4.88. The van der Waals surface area contributed by atoms with Crippen LogP contribution in [0.1, 0.15) is 43.0 Å². The van der Waals surface area contributed by atoms with Gasteiger partial charge in [-0.15, -0.1) is 0 Å². The highest BCUT2D eigenvalue weighted by Gasteiger charge is 2.35. The van der Waals surface area contributed by atoms with Crippen molar-refractivity contribution in [1.82, 2.24) is 9.80 Å². The molecular formula is C22H32N2O3. The molecule has 2 aliphatic heterocycles. The van der Waals surface area contributed by atoms with Gasteiger partial charge in [-0.25, -0.2) is 0 Å². The van der Waals surface area contributed by atoms with E-state index >= 15 is 0 Å². The zero-order chi connectivity index (χ0) is 18.6. The molecule has 3 aliphatic rings. The number of ether oxygens (including phenoxy) is 2. The maximum absolute atomic E-state index is 12.6. The molecular weight excluding hydrogens is 340 g/mol. The van der Waals surface area contributed by atoms with E-state index in [1.165, 1.54) is 32.4 Å². The second-order valence-electron chi connectivity index (χ2n) is 8.36. The number of rotatable bonds is 6. The number of benzene rings is 1. The summed E-state index contributed by atoms with van der Waals surface area (Å²) < 4.78 is 11.3. The van der Waals surface area contributed by atoms with Gasteiger partial charge in [0.1, 0.15) is 5.75 Å². The standard InChI is InChI=1S/C22H32N2O3/c1-17-16-26-13-11-24(17)22(25)18-6-8-21(9-7-18)27-12-3-10-23-14-19-4-2-5-20(19)15-23/h6-9,17,19-20H,2-5,10-16H2,1H3. The van der Waals surface area contributed by atoms with Crippen molar-refractivity contribution in [3.05, 3.63) is 29.8 Å². The van der Waals surface area contributed by atoms with Crippen molar-refractivity contribution >= 4 is 5.91 Å². The summed E-state index contributed by atoms with van der Waals surface area (Å²) in [5.41, 5.74) is 0.722. The van der Waals surface area contributed by atoms with Crippen LogP contribution >= 0.6 is 0 Å². The SMILES string of the molecule is CC1COCCN1C(=O)c1ccc(OCCCN2CC3CCCC3C2)cc1. The zero-order valence-electron chi connectivity index (χ0n) is 16.4. The van der Waals surface area contributed by atoms with Crippen molar-refractivity contribution in [2.24, 2.45) is 11.8 Å². The molecule has 1 aliphatic carbocycles. The number of morpholine rings is 1. The number of amides is 1. The lowest BCUT2D eigenvalue weighted by Gasteiger charge is -2.33. The highest BCUT2D eigenvalue weighted by Crippen LogP contribution is 2.37. The lowest BCUT2D eigenvalue weighted by atomic mass is 10.0. The Balaban J connectivity index is 1.19. The monoisotopic (exact) mass is 372 g/mol. The van der Waals surface area contributed by atoms with Crippen molar-refractivity contribution in [1.29, 1.82) is 0 Å². The number of nitrogens with zero attached hydrogens (tertiary/aromatic N) is 2. The van der Waals surface area contributed by atoms with E-state index in [0.29, 0.717) is 19.8 Å². The second-order valence-corrected chi connectivity index (χ2v) is 8.36. The molecule has 0 spiro atoms. The van der Waals surface area contributed by atoms with Crippen LogP contribution in [-0.4, -0.2) is 67.7 Å². The summed E-state index contributed by atoms with van der Waals surface area (Å²) in [4.78, 5) is 17.1. The van der Waals surface area contributed by atoms with Gasteiger partial charge in [-0.2, -0.15) is 0 Å². The van der Waals surface area contributed by atoms with Gasteiger partial charge >= 0.3 is 0 Å². The fraction of sp³-hybridized carbons (Fsp3) is 0.682. The topological polar surface area (TPSA) is 42.0 Å². The van der Waals surface area contributed by atoms with E-state index in [0.717, 1.165) is 42.7 Å². The third-order valence-electron chi connectivity index (χ3n) is 6.42. The molecule has 1 aromatic rings. The summed E-state index contributed by atoms with van der Waals surface area (Å²) >= 11 is 0. The van der Waals surface area contributed by atoms with Crippen LogP contribution in [0.5, 0.6) is 5.75 Å². The molecule has 1 aromatic carbocycles. The van der Waals surface area contributed by atoms with Crippen LogP contribution in [0.4, 0.5) is 0 Å². The largest absolute Gasteiger partial charge is 0.494 e. The van der Waals surface area contributed by atoms with Gasteiger partial charge in [0.15, 0.2) is 0 Å². The van der Waals surface area contributed by atoms with E-state index in [1.54, 1.807) is 0 Å². The molecule has 3 atom stereocenters. The molecule has 0 aromatic heterocycles. The highest BCUT2D eigenvalue weighted by molar-refractivity contribution is 5.94. The minimum absolute atomic E-state index is 0.0805. The Morgan fingerprint density at radius 2 is 1.93 bits per heavy atom. The number of carbonyl (C=O) groups excluding carboxylic acids is 1. The van der Waals surface area contributed by atoms with Gasteiger partial charge in [0, 0.05) is 31.7 Å².